The molecule has 0 fully saturated rings. The van der Waals surface area contributed by atoms with Crippen LogP contribution in [-0.4, -0.2) is 18.5 Å². The Morgan fingerprint density at radius 2 is 2.22 bits per heavy atom. The van der Waals surface area contributed by atoms with Gasteiger partial charge in [0.05, 0.1) is 5.41 Å². The Morgan fingerprint density at radius 1 is 1.50 bits per heavy atom. The molecule has 0 radical (unpaired) electrons. The summed E-state index contributed by atoms with van der Waals surface area (Å²) >= 11 is 0. The Bertz CT molecular complexity index is 444. The predicted molar refractivity (Wildman–Crippen MR) is 73.4 cm³/mol. The van der Waals surface area contributed by atoms with Crippen LogP contribution in [0.5, 0.6) is 0 Å². The Labute approximate surface area is 109 Å². The summed E-state index contributed by atoms with van der Waals surface area (Å²) in [5, 5.41) is 3.02. The molecule has 1 amide bonds. The lowest BCUT2D eigenvalue weighted by Crippen LogP contribution is -2.49. The fourth-order valence-corrected chi connectivity index (χ4v) is 2.72. The van der Waals surface area contributed by atoms with Gasteiger partial charge in [-0.15, -0.1) is 0 Å². The summed E-state index contributed by atoms with van der Waals surface area (Å²) in [6.07, 6.45) is 3.05. The lowest BCUT2D eigenvalue weighted by molar-refractivity contribution is -0.127. The topological polar surface area (TPSA) is 55.1 Å². The minimum absolute atomic E-state index is 0.0309. The largest absolute Gasteiger partial charge is 0.352 e. The normalized spacial score (nSPS) is 24.2. The second-order valence-electron chi connectivity index (χ2n) is 5.45. The number of carbonyl (C=O) groups is 1. The van der Waals surface area contributed by atoms with E-state index in [2.05, 4.69) is 17.4 Å². The van der Waals surface area contributed by atoms with Gasteiger partial charge in [-0.25, -0.2) is 0 Å². The van der Waals surface area contributed by atoms with E-state index in [-0.39, 0.29) is 11.9 Å². The molecule has 1 aliphatic carbocycles. The quantitative estimate of drug-likeness (QED) is 0.853. The van der Waals surface area contributed by atoms with Gasteiger partial charge in [0.25, 0.3) is 0 Å². The monoisotopic (exact) mass is 246 g/mol. The van der Waals surface area contributed by atoms with Crippen LogP contribution in [0.15, 0.2) is 24.3 Å². The Hall–Kier alpha value is -1.35. The number of amides is 1. The minimum atomic E-state index is -0.404. The highest BCUT2D eigenvalue weighted by Crippen LogP contribution is 2.37. The first kappa shape index (κ1) is 13.1. The number of hydrogen-bond donors (Lipinski definition) is 2. The van der Waals surface area contributed by atoms with E-state index in [9.17, 15) is 4.79 Å². The fraction of sp³-hybridized carbons (Fsp3) is 0.533. The maximum Gasteiger partial charge on any atom is 0.230 e. The molecule has 0 aliphatic heterocycles. The molecule has 0 aromatic heterocycles. The molecular formula is C15H22N2O. The van der Waals surface area contributed by atoms with Crippen LogP contribution in [0.4, 0.5) is 0 Å². The first-order valence-corrected chi connectivity index (χ1v) is 6.67. The molecule has 2 atom stereocenters. The van der Waals surface area contributed by atoms with Gasteiger partial charge in [-0.3, -0.25) is 4.79 Å². The van der Waals surface area contributed by atoms with E-state index in [1.165, 1.54) is 11.1 Å². The average molecular weight is 246 g/mol. The highest BCUT2D eigenvalue weighted by atomic mass is 16.2. The van der Waals surface area contributed by atoms with Crippen molar-refractivity contribution in [2.45, 2.75) is 44.6 Å². The van der Waals surface area contributed by atoms with Crippen LogP contribution in [0.2, 0.25) is 0 Å². The molecule has 1 unspecified atom stereocenters. The smallest absolute Gasteiger partial charge is 0.230 e. The first-order chi connectivity index (χ1) is 8.58. The van der Waals surface area contributed by atoms with Crippen molar-refractivity contribution in [1.29, 1.82) is 0 Å². The lowest BCUT2D eigenvalue weighted by atomic mass is 9.70. The summed E-state index contributed by atoms with van der Waals surface area (Å²) in [4.78, 5) is 12.5. The van der Waals surface area contributed by atoms with Crippen molar-refractivity contribution < 1.29 is 4.79 Å². The van der Waals surface area contributed by atoms with Gasteiger partial charge in [-0.2, -0.15) is 0 Å². The van der Waals surface area contributed by atoms with Crippen molar-refractivity contribution >= 4 is 5.91 Å². The standard InChI is InChI=1S/C15H22N2O/c1-11(10-16)17-14(18)15(2)9-5-7-12-6-3-4-8-13(12)15/h3-4,6,8,11H,5,7,9-10,16H2,1-2H3,(H,17,18)/t11-,15?/m0/s1. The number of nitrogens with one attached hydrogen (secondary N) is 1. The molecule has 1 aromatic carbocycles. The number of rotatable bonds is 3. The summed E-state index contributed by atoms with van der Waals surface area (Å²) < 4.78 is 0. The zero-order valence-corrected chi connectivity index (χ0v) is 11.2. The fourth-order valence-electron chi connectivity index (χ4n) is 2.72. The number of benzene rings is 1. The molecule has 3 N–H and O–H groups in total. The van der Waals surface area contributed by atoms with Crippen molar-refractivity contribution in [3.8, 4) is 0 Å². The molecule has 3 heteroatoms. The lowest BCUT2D eigenvalue weighted by Gasteiger charge is -2.35. The Morgan fingerprint density at radius 3 is 2.94 bits per heavy atom. The van der Waals surface area contributed by atoms with E-state index in [0.717, 1.165) is 19.3 Å². The molecule has 0 spiro atoms. The maximum atomic E-state index is 12.5. The van der Waals surface area contributed by atoms with Crippen molar-refractivity contribution in [3.63, 3.8) is 0 Å². The molecule has 1 aromatic rings. The number of hydrogen-bond acceptors (Lipinski definition) is 2. The van der Waals surface area contributed by atoms with Crippen molar-refractivity contribution in [2.24, 2.45) is 5.73 Å². The maximum absolute atomic E-state index is 12.5. The van der Waals surface area contributed by atoms with Crippen molar-refractivity contribution in [3.05, 3.63) is 35.4 Å². The Balaban J connectivity index is 2.29. The van der Waals surface area contributed by atoms with Crippen LogP contribution in [-0.2, 0) is 16.6 Å². The van der Waals surface area contributed by atoms with Gasteiger partial charge in [0, 0.05) is 12.6 Å². The van der Waals surface area contributed by atoms with Crippen molar-refractivity contribution in [1.82, 2.24) is 5.32 Å². The minimum Gasteiger partial charge on any atom is -0.352 e. The molecule has 0 bridgehead atoms. The van der Waals surface area contributed by atoms with Crippen LogP contribution in [0, 0.1) is 0 Å². The molecule has 0 heterocycles. The van der Waals surface area contributed by atoms with E-state index >= 15 is 0 Å². The van der Waals surface area contributed by atoms with Crippen LogP contribution < -0.4 is 11.1 Å². The summed E-state index contributed by atoms with van der Waals surface area (Å²) in [6.45, 7) is 4.46. The molecule has 0 saturated carbocycles. The molecule has 1 aliphatic rings. The van der Waals surface area contributed by atoms with E-state index in [0.29, 0.717) is 6.54 Å². The average Bonchev–Trinajstić information content (AvgIpc) is 2.39. The number of fused-ring (bicyclic) bond motifs is 1. The SMILES string of the molecule is C[C@@H](CN)NC(=O)C1(C)CCCc2ccccc21. The van der Waals surface area contributed by atoms with Gasteiger partial charge in [-0.05, 0) is 44.2 Å². The summed E-state index contributed by atoms with van der Waals surface area (Å²) in [5.74, 6) is 0.104. The summed E-state index contributed by atoms with van der Waals surface area (Å²) in [6, 6.07) is 8.31. The second kappa shape index (κ2) is 5.11. The predicted octanol–water partition coefficient (Wildman–Crippen LogP) is 1.74. The van der Waals surface area contributed by atoms with Crippen LogP contribution in [0.25, 0.3) is 0 Å². The molecule has 3 nitrogen and oxygen atoms in total. The van der Waals surface area contributed by atoms with Gasteiger partial charge in [0.2, 0.25) is 5.91 Å². The second-order valence-corrected chi connectivity index (χ2v) is 5.45. The van der Waals surface area contributed by atoms with Gasteiger partial charge in [0.1, 0.15) is 0 Å². The summed E-state index contributed by atoms with van der Waals surface area (Å²) in [5.41, 5.74) is 7.65. The number of aryl methyl sites for hydroxylation is 1. The molecule has 2 rings (SSSR count). The van der Waals surface area contributed by atoms with E-state index in [4.69, 9.17) is 5.73 Å². The third-order valence-corrected chi connectivity index (χ3v) is 3.97. The third-order valence-electron chi connectivity index (χ3n) is 3.97. The van der Waals surface area contributed by atoms with Crippen LogP contribution in [0.1, 0.15) is 37.8 Å². The number of carbonyl (C=O) groups excluding carboxylic acids is 1. The van der Waals surface area contributed by atoms with Crippen LogP contribution in [0.3, 0.4) is 0 Å². The first-order valence-electron chi connectivity index (χ1n) is 6.67. The third kappa shape index (κ3) is 2.27. The zero-order valence-electron chi connectivity index (χ0n) is 11.2. The van der Waals surface area contributed by atoms with Crippen LogP contribution >= 0.6 is 0 Å². The molecular weight excluding hydrogens is 224 g/mol. The van der Waals surface area contributed by atoms with Gasteiger partial charge in [0.15, 0.2) is 0 Å². The highest BCUT2D eigenvalue weighted by Gasteiger charge is 2.38. The van der Waals surface area contributed by atoms with Crippen molar-refractivity contribution in [2.75, 3.05) is 6.54 Å². The summed E-state index contributed by atoms with van der Waals surface area (Å²) in [7, 11) is 0. The Kier molecular flexibility index (Phi) is 3.71. The van der Waals surface area contributed by atoms with E-state index in [1.807, 2.05) is 26.0 Å². The molecule has 98 valence electrons. The van der Waals surface area contributed by atoms with Gasteiger partial charge in [-0.1, -0.05) is 24.3 Å². The highest BCUT2D eigenvalue weighted by molar-refractivity contribution is 5.88. The zero-order chi connectivity index (χ0) is 13.2. The van der Waals surface area contributed by atoms with E-state index in [1.54, 1.807) is 0 Å². The number of nitrogens with two attached hydrogens (primary N) is 1. The van der Waals surface area contributed by atoms with Gasteiger partial charge < -0.3 is 11.1 Å². The molecule has 0 saturated heterocycles. The van der Waals surface area contributed by atoms with E-state index < -0.39 is 5.41 Å². The molecule has 18 heavy (non-hydrogen) atoms. The van der Waals surface area contributed by atoms with Gasteiger partial charge >= 0.3 is 0 Å².